The fourth-order valence-electron chi connectivity index (χ4n) is 3.39. The molecule has 0 heterocycles. The number of ether oxygens (including phenoxy) is 1. The quantitative estimate of drug-likeness (QED) is 0.816. The molecule has 1 aliphatic carbocycles. The highest BCUT2D eigenvalue weighted by Crippen LogP contribution is 2.38. The van der Waals surface area contributed by atoms with Crippen LogP contribution < -0.4 is 0 Å². The van der Waals surface area contributed by atoms with Gasteiger partial charge in [0.05, 0.1) is 11.7 Å². The molecule has 1 aromatic rings. The van der Waals surface area contributed by atoms with Gasteiger partial charge < -0.3 is 4.74 Å². The molecular weight excluding hydrogens is 253 g/mol. The largest absolute Gasteiger partial charge is 0.381 e. The molecule has 2 nitrogen and oxygen atoms in total. The molecule has 108 valence electrons. The van der Waals surface area contributed by atoms with Crippen LogP contribution in [0.2, 0.25) is 0 Å². The van der Waals surface area contributed by atoms with Crippen LogP contribution in [0.25, 0.3) is 0 Å². The van der Waals surface area contributed by atoms with Crippen molar-refractivity contribution in [3.05, 3.63) is 35.1 Å². The standard InChI is InChI=1S/C17H22FNO/c1-3-17(20-2)13-6-4-12(5-7-13)14-8-9-15(11-19)16(18)10-14/h8-10,12-13,17H,3-7H2,1-2H3/t12-,13-,17?. The Balaban J connectivity index is 2.00. The highest BCUT2D eigenvalue weighted by Gasteiger charge is 2.27. The number of rotatable bonds is 4. The van der Waals surface area contributed by atoms with Crippen LogP contribution in [0.1, 0.15) is 56.1 Å². The van der Waals surface area contributed by atoms with Crippen LogP contribution in [0.5, 0.6) is 0 Å². The number of hydrogen-bond acceptors (Lipinski definition) is 2. The van der Waals surface area contributed by atoms with Crippen molar-refractivity contribution in [1.82, 2.24) is 0 Å². The fourth-order valence-corrected chi connectivity index (χ4v) is 3.39. The molecular formula is C17H22FNO. The Morgan fingerprint density at radius 3 is 2.55 bits per heavy atom. The monoisotopic (exact) mass is 275 g/mol. The molecule has 0 bridgehead atoms. The molecule has 2 rings (SSSR count). The highest BCUT2D eigenvalue weighted by molar-refractivity contribution is 5.34. The van der Waals surface area contributed by atoms with E-state index in [1.807, 2.05) is 12.1 Å². The van der Waals surface area contributed by atoms with Crippen LogP contribution >= 0.6 is 0 Å². The van der Waals surface area contributed by atoms with Crippen molar-refractivity contribution in [2.45, 2.75) is 51.0 Å². The second-order valence-electron chi connectivity index (χ2n) is 5.65. The van der Waals surface area contributed by atoms with Gasteiger partial charge in [0, 0.05) is 7.11 Å². The molecule has 3 heteroatoms. The lowest BCUT2D eigenvalue weighted by Gasteiger charge is -2.33. The summed E-state index contributed by atoms with van der Waals surface area (Å²) in [6.07, 6.45) is 5.84. The Bertz CT molecular complexity index is 482. The van der Waals surface area contributed by atoms with E-state index >= 15 is 0 Å². The average molecular weight is 275 g/mol. The molecule has 1 unspecified atom stereocenters. The summed E-state index contributed by atoms with van der Waals surface area (Å²) >= 11 is 0. The minimum absolute atomic E-state index is 0.132. The van der Waals surface area contributed by atoms with Gasteiger partial charge in [-0.15, -0.1) is 0 Å². The molecule has 20 heavy (non-hydrogen) atoms. The average Bonchev–Trinajstić information content (AvgIpc) is 2.49. The summed E-state index contributed by atoms with van der Waals surface area (Å²) in [5.74, 6) is 0.655. The SMILES string of the molecule is CCC(OC)[C@H]1CC[C@H](c2ccc(C#N)c(F)c2)CC1. The number of nitrogens with zero attached hydrogens (tertiary/aromatic N) is 1. The van der Waals surface area contributed by atoms with Crippen molar-refractivity contribution >= 4 is 0 Å². The first kappa shape index (κ1) is 15.0. The summed E-state index contributed by atoms with van der Waals surface area (Å²) < 4.78 is 19.2. The predicted octanol–water partition coefficient (Wildman–Crippen LogP) is 4.40. The van der Waals surface area contributed by atoms with E-state index in [1.165, 1.54) is 6.07 Å². The van der Waals surface area contributed by atoms with Crippen LogP contribution in [-0.2, 0) is 4.74 Å². The van der Waals surface area contributed by atoms with Crippen LogP contribution in [0.15, 0.2) is 18.2 Å². The van der Waals surface area contributed by atoms with E-state index in [9.17, 15) is 4.39 Å². The van der Waals surface area contributed by atoms with Gasteiger partial charge in [-0.3, -0.25) is 0 Å². The molecule has 0 N–H and O–H groups in total. The van der Waals surface area contributed by atoms with E-state index < -0.39 is 5.82 Å². The Labute approximate surface area is 120 Å². The van der Waals surface area contributed by atoms with E-state index in [0.29, 0.717) is 17.9 Å². The van der Waals surface area contributed by atoms with Gasteiger partial charge in [-0.2, -0.15) is 5.26 Å². The molecule has 1 atom stereocenters. The maximum Gasteiger partial charge on any atom is 0.141 e. The lowest BCUT2D eigenvalue weighted by molar-refractivity contribution is 0.0315. The maximum atomic E-state index is 13.7. The number of hydrogen-bond donors (Lipinski definition) is 0. The van der Waals surface area contributed by atoms with Crippen molar-refractivity contribution in [3.8, 4) is 6.07 Å². The molecule has 0 saturated heterocycles. The molecule has 0 spiro atoms. The first-order valence-electron chi connectivity index (χ1n) is 7.41. The first-order valence-corrected chi connectivity index (χ1v) is 7.41. The van der Waals surface area contributed by atoms with Crippen molar-refractivity contribution in [3.63, 3.8) is 0 Å². The zero-order valence-electron chi connectivity index (χ0n) is 12.2. The van der Waals surface area contributed by atoms with Crippen LogP contribution in [0, 0.1) is 23.1 Å². The summed E-state index contributed by atoms with van der Waals surface area (Å²) in [5.41, 5.74) is 1.17. The lowest BCUT2D eigenvalue weighted by atomic mass is 9.76. The van der Waals surface area contributed by atoms with E-state index in [4.69, 9.17) is 10.00 Å². The molecule has 0 aromatic heterocycles. The predicted molar refractivity (Wildman–Crippen MR) is 76.9 cm³/mol. The summed E-state index contributed by atoms with van der Waals surface area (Å²) in [5, 5.41) is 8.77. The summed E-state index contributed by atoms with van der Waals surface area (Å²) in [6, 6.07) is 6.91. The van der Waals surface area contributed by atoms with Crippen LogP contribution in [-0.4, -0.2) is 13.2 Å². The Morgan fingerprint density at radius 1 is 1.35 bits per heavy atom. The zero-order chi connectivity index (χ0) is 14.5. The van der Waals surface area contributed by atoms with Gasteiger partial charge in [0.25, 0.3) is 0 Å². The van der Waals surface area contributed by atoms with Gasteiger partial charge >= 0.3 is 0 Å². The molecule has 0 amide bonds. The lowest BCUT2D eigenvalue weighted by Crippen LogP contribution is -2.26. The summed E-state index contributed by atoms with van der Waals surface area (Å²) in [4.78, 5) is 0. The third-order valence-corrected chi connectivity index (χ3v) is 4.59. The van der Waals surface area contributed by atoms with Gasteiger partial charge in [0.1, 0.15) is 11.9 Å². The molecule has 1 fully saturated rings. The molecule has 1 aliphatic rings. The minimum atomic E-state index is -0.393. The second-order valence-corrected chi connectivity index (χ2v) is 5.65. The molecule has 1 aromatic carbocycles. The van der Waals surface area contributed by atoms with Crippen molar-refractivity contribution in [2.24, 2.45) is 5.92 Å². The number of benzene rings is 1. The van der Waals surface area contributed by atoms with Crippen molar-refractivity contribution < 1.29 is 9.13 Å². The maximum absolute atomic E-state index is 13.7. The molecule has 0 radical (unpaired) electrons. The normalized spacial score (nSPS) is 24.1. The Kier molecular flexibility index (Phi) is 5.14. The van der Waals surface area contributed by atoms with E-state index in [0.717, 1.165) is 37.7 Å². The van der Waals surface area contributed by atoms with Crippen molar-refractivity contribution in [2.75, 3.05) is 7.11 Å². The third-order valence-electron chi connectivity index (χ3n) is 4.59. The van der Waals surface area contributed by atoms with Gasteiger partial charge in [0.2, 0.25) is 0 Å². The third kappa shape index (κ3) is 3.19. The number of methoxy groups -OCH3 is 1. The van der Waals surface area contributed by atoms with Gasteiger partial charge in [-0.25, -0.2) is 4.39 Å². The minimum Gasteiger partial charge on any atom is -0.381 e. The van der Waals surface area contributed by atoms with Crippen LogP contribution in [0.3, 0.4) is 0 Å². The van der Waals surface area contributed by atoms with Gasteiger partial charge in [-0.05, 0) is 61.6 Å². The zero-order valence-corrected chi connectivity index (χ0v) is 12.2. The van der Waals surface area contributed by atoms with E-state index in [2.05, 4.69) is 6.92 Å². The van der Waals surface area contributed by atoms with Gasteiger partial charge in [0.15, 0.2) is 0 Å². The first-order chi connectivity index (χ1) is 9.69. The Hall–Kier alpha value is -1.40. The topological polar surface area (TPSA) is 33.0 Å². The summed E-state index contributed by atoms with van der Waals surface area (Å²) in [7, 11) is 1.79. The second kappa shape index (κ2) is 6.85. The number of halogens is 1. The highest BCUT2D eigenvalue weighted by atomic mass is 19.1. The van der Waals surface area contributed by atoms with Crippen LogP contribution in [0.4, 0.5) is 4.39 Å². The van der Waals surface area contributed by atoms with E-state index in [-0.39, 0.29) is 5.56 Å². The van der Waals surface area contributed by atoms with Gasteiger partial charge in [-0.1, -0.05) is 13.0 Å². The Morgan fingerprint density at radius 2 is 2.05 bits per heavy atom. The fraction of sp³-hybridized carbons (Fsp3) is 0.588. The van der Waals surface area contributed by atoms with E-state index in [1.54, 1.807) is 13.2 Å². The summed E-state index contributed by atoms with van der Waals surface area (Å²) in [6.45, 7) is 2.16. The van der Waals surface area contributed by atoms with Crippen molar-refractivity contribution in [1.29, 1.82) is 5.26 Å². The number of nitriles is 1. The molecule has 1 saturated carbocycles. The smallest absolute Gasteiger partial charge is 0.141 e. The molecule has 0 aliphatic heterocycles.